The average Bonchev–Trinajstić information content (AvgIpc) is 3.33. The molecule has 8 heteroatoms. The van der Waals surface area contributed by atoms with Crippen molar-refractivity contribution in [3.05, 3.63) is 83.3 Å². The normalized spacial score (nSPS) is 15.1. The Kier molecular flexibility index (Phi) is 7.47. The number of hydrogen-bond donors (Lipinski definition) is 0. The van der Waals surface area contributed by atoms with Gasteiger partial charge in [0.2, 0.25) is 0 Å². The van der Waals surface area contributed by atoms with Gasteiger partial charge in [0.15, 0.2) is 12.4 Å². The van der Waals surface area contributed by atoms with Gasteiger partial charge >= 0.3 is 5.97 Å². The fourth-order valence-electron chi connectivity index (χ4n) is 3.74. The van der Waals surface area contributed by atoms with Gasteiger partial charge in [-0.1, -0.05) is 29.4 Å². The van der Waals surface area contributed by atoms with E-state index in [-0.39, 0.29) is 18.3 Å². The minimum absolute atomic E-state index is 0.188. The van der Waals surface area contributed by atoms with Crippen LogP contribution in [0, 0.1) is 5.82 Å². The molecule has 2 heterocycles. The van der Waals surface area contributed by atoms with Gasteiger partial charge in [0.25, 0.3) is 5.89 Å². The number of esters is 1. The van der Waals surface area contributed by atoms with Crippen LogP contribution >= 0.6 is 0 Å². The fraction of sp³-hybridized carbons (Fsp3) is 0.320. The smallest absolute Gasteiger partial charge is 0.330 e. The van der Waals surface area contributed by atoms with Crippen LogP contribution in [0.3, 0.4) is 0 Å². The van der Waals surface area contributed by atoms with Crippen LogP contribution in [-0.2, 0) is 22.7 Å². The standard InChI is InChI=1S/C25H26FN3O4/c1-31-24(30)11-6-18-4-9-22(10-5-18)32-17-23-27-25(28-33-23)20-12-14-29(15-13-20)16-19-2-7-21(26)8-3-19/h2-11,20H,12-17H2,1H3. The zero-order chi connectivity index (χ0) is 23.0. The Hall–Kier alpha value is -3.52. The molecule has 33 heavy (non-hydrogen) atoms. The number of benzene rings is 2. The Bertz CT molecular complexity index is 1070. The van der Waals surface area contributed by atoms with E-state index in [0.29, 0.717) is 11.6 Å². The van der Waals surface area contributed by atoms with Crippen LogP contribution in [0.15, 0.2) is 59.1 Å². The monoisotopic (exact) mass is 451 g/mol. The number of methoxy groups -OCH3 is 1. The topological polar surface area (TPSA) is 77.7 Å². The summed E-state index contributed by atoms with van der Waals surface area (Å²) in [5.41, 5.74) is 1.97. The van der Waals surface area contributed by atoms with E-state index >= 15 is 0 Å². The molecule has 0 spiro atoms. The number of aromatic nitrogens is 2. The number of halogens is 1. The Labute approximate surface area is 191 Å². The first-order valence-corrected chi connectivity index (χ1v) is 10.9. The molecular weight excluding hydrogens is 425 g/mol. The largest absolute Gasteiger partial charge is 0.484 e. The van der Waals surface area contributed by atoms with E-state index in [1.807, 2.05) is 36.4 Å². The molecule has 1 aromatic heterocycles. The molecule has 0 radical (unpaired) electrons. The highest BCUT2D eigenvalue weighted by atomic mass is 19.1. The molecule has 1 fully saturated rings. The first-order valence-electron chi connectivity index (χ1n) is 10.9. The van der Waals surface area contributed by atoms with Crippen LogP contribution < -0.4 is 4.74 Å². The molecule has 0 saturated carbocycles. The molecule has 0 unspecified atom stereocenters. The van der Waals surface area contributed by atoms with Crippen LogP contribution in [0.4, 0.5) is 4.39 Å². The van der Waals surface area contributed by atoms with Crippen molar-refractivity contribution in [1.82, 2.24) is 15.0 Å². The van der Waals surface area contributed by atoms with E-state index in [9.17, 15) is 9.18 Å². The Morgan fingerprint density at radius 3 is 2.58 bits per heavy atom. The minimum Gasteiger partial charge on any atom is -0.484 e. The molecule has 1 aliphatic heterocycles. The van der Waals surface area contributed by atoms with Gasteiger partial charge in [-0.15, -0.1) is 0 Å². The molecule has 7 nitrogen and oxygen atoms in total. The van der Waals surface area contributed by atoms with Gasteiger partial charge in [0.05, 0.1) is 7.11 Å². The number of carbonyl (C=O) groups is 1. The number of rotatable bonds is 8. The maximum absolute atomic E-state index is 13.1. The summed E-state index contributed by atoms with van der Waals surface area (Å²) in [6, 6.07) is 14.0. The summed E-state index contributed by atoms with van der Waals surface area (Å²) < 4.78 is 28.8. The first-order chi connectivity index (χ1) is 16.1. The van der Waals surface area contributed by atoms with E-state index in [1.165, 1.54) is 25.3 Å². The van der Waals surface area contributed by atoms with Crippen LogP contribution in [0.2, 0.25) is 0 Å². The van der Waals surface area contributed by atoms with Gasteiger partial charge in [0.1, 0.15) is 11.6 Å². The quantitative estimate of drug-likeness (QED) is 0.372. The van der Waals surface area contributed by atoms with Gasteiger partial charge in [-0.2, -0.15) is 4.98 Å². The molecule has 0 aliphatic carbocycles. The average molecular weight is 451 g/mol. The zero-order valence-electron chi connectivity index (χ0n) is 18.4. The van der Waals surface area contributed by atoms with Crippen molar-refractivity contribution in [3.63, 3.8) is 0 Å². The van der Waals surface area contributed by atoms with Crippen LogP contribution in [0.1, 0.15) is 41.6 Å². The van der Waals surface area contributed by atoms with E-state index in [0.717, 1.165) is 49.4 Å². The SMILES string of the molecule is COC(=O)C=Cc1ccc(OCc2nc(C3CCN(Cc4ccc(F)cc4)CC3)no2)cc1. The summed E-state index contributed by atoms with van der Waals surface area (Å²) in [7, 11) is 1.34. The van der Waals surface area contributed by atoms with Gasteiger partial charge in [0, 0.05) is 18.5 Å². The Morgan fingerprint density at radius 2 is 1.88 bits per heavy atom. The highest BCUT2D eigenvalue weighted by Gasteiger charge is 2.24. The minimum atomic E-state index is -0.402. The summed E-state index contributed by atoms with van der Waals surface area (Å²) >= 11 is 0. The predicted octanol–water partition coefficient (Wildman–Crippen LogP) is 4.35. The molecule has 2 aromatic carbocycles. The van der Waals surface area contributed by atoms with Gasteiger partial charge in [-0.25, -0.2) is 9.18 Å². The summed E-state index contributed by atoms with van der Waals surface area (Å²) in [4.78, 5) is 18.0. The molecule has 1 aliphatic rings. The summed E-state index contributed by atoms with van der Waals surface area (Å²) in [6.07, 6.45) is 4.93. The highest BCUT2D eigenvalue weighted by molar-refractivity contribution is 5.86. The van der Waals surface area contributed by atoms with E-state index in [4.69, 9.17) is 9.26 Å². The van der Waals surface area contributed by atoms with Crippen molar-refractivity contribution >= 4 is 12.0 Å². The van der Waals surface area contributed by atoms with Crippen molar-refractivity contribution in [2.45, 2.75) is 31.9 Å². The number of nitrogens with zero attached hydrogens (tertiary/aromatic N) is 3. The highest BCUT2D eigenvalue weighted by Crippen LogP contribution is 2.27. The van der Waals surface area contributed by atoms with E-state index in [1.54, 1.807) is 6.08 Å². The van der Waals surface area contributed by atoms with Crippen LogP contribution in [-0.4, -0.2) is 41.2 Å². The molecule has 4 rings (SSSR count). The number of piperidine rings is 1. The predicted molar refractivity (Wildman–Crippen MR) is 120 cm³/mol. The lowest BCUT2D eigenvalue weighted by molar-refractivity contribution is -0.134. The van der Waals surface area contributed by atoms with Gasteiger partial charge < -0.3 is 14.0 Å². The molecule has 0 amide bonds. The van der Waals surface area contributed by atoms with Crippen molar-refractivity contribution in [3.8, 4) is 5.75 Å². The second-order valence-electron chi connectivity index (χ2n) is 7.94. The van der Waals surface area contributed by atoms with Crippen LogP contribution in [0.25, 0.3) is 6.08 Å². The maximum atomic E-state index is 13.1. The number of ether oxygens (including phenoxy) is 2. The molecule has 3 aromatic rings. The number of carbonyl (C=O) groups excluding carboxylic acids is 1. The fourth-order valence-corrected chi connectivity index (χ4v) is 3.74. The first kappa shape index (κ1) is 22.7. The lowest BCUT2D eigenvalue weighted by Crippen LogP contribution is -2.32. The van der Waals surface area contributed by atoms with Crippen molar-refractivity contribution in [2.24, 2.45) is 0 Å². The summed E-state index contributed by atoms with van der Waals surface area (Å²) in [5.74, 6) is 1.47. The Balaban J connectivity index is 1.23. The van der Waals surface area contributed by atoms with E-state index < -0.39 is 5.97 Å². The molecule has 1 saturated heterocycles. The molecule has 0 N–H and O–H groups in total. The summed E-state index contributed by atoms with van der Waals surface area (Å²) in [6.45, 7) is 2.86. The third-order valence-electron chi connectivity index (χ3n) is 5.61. The number of likely N-dealkylation sites (tertiary alicyclic amines) is 1. The van der Waals surface area contributed by atoms with Crippen molar-refractivity contribution < 1.29 is 23.2 Å². The third kappa shape index (κ3) is 6.49. The Morgan fingerprint density at radius 1 is 1.15 bits per heavy atom. The van der Waals surface area contributed by atoms with Crippen molar-refractivity contribution in [1.29, 1.82) is 0 Å². The van der Waals surface area contributed by atoms with Gasteiger partial charge in [-0.05, 0) is 67.4 Å². The lowest BCUT2D eigenvalue weighted by Gasteiger charge is -2.30. The maximum Gasteiger partial charge on any atom is 0.330 e. The molecule has 172 valence electrons. The van der Waals surface area contributed by atoms with Crippen LogP contribution in [0.5, 0.6) is 5.75 Å². The third-order valence-corrected chi connectivity index (χ3v) is 5.61. The zero-order valence-corrected chi connectivity index (χ0v) is 18.4. The lowest BCUT2D eigenvalue weighted by atomic mass is 9.96. The number of hydrogen-bond acceptors (Lipinski definition) is 7. The summed E-state index contributed by atoms with van der Waals surface area (Å²) in [5, 5.41) is 4.15. The molecule has 0 atom stereocenters. The second-order valence-corrected chi connectivity index (χ2v) is 7.94. The molecular formula is C25H26FN3O4. The second kappa shape index (κ2) is 10.9. The van der Waals surface area contributed by atoms with Crippen molar-refractivity contribution in [2.75, 3.05) is 20.2 Å². The van der Waals surface area contributed by atoms with E-state index in [2.05, 4.69) is 19.8 Å². The van der Waals surface area contributed by atoms with Gasteiger partial charge in [-0.3, -0.25) is 4.90 Å². The molecule has 0 bridgehead atoms.